The largest absolute Gasteiger partial charge is 0.314 e. The monoisotopic (exact) mass is 607 g/mol. The minimum Gasteiger partial charge on any atom is -0.314 e. The van der Waals surface area contributed by atoms with Crippen LogP contribution >= 0.6 is 0 Å². The van der Waals surface area contributed by atoms with Crippen LogP contribution in [-0.2, 0) is 0 Å². The molecular formula is C42H33N5. The summed E-state index contributed by atoms with van der Waals surface area (Å²) in [5.41, 5.74) is 13.0. The molecule has 8 rings (SSSR count). The molecule has 0 unspecified atom stereocenters. The van der Waals surface area contributed by atoms with Crippen LogP contribution in [0.5, 0.6) is 0 Å². The molecule has 47 heavy (non-hydrogen) atoms. The highest BCUT2D eigenvalue weighted by Gasteiger charge is 2.25. The Bertz CT molecular complexity index is 2290. The predicted octanol–water partition coefficient (Wildman–Crippen LogP) is 10.6. The number of aromatic nitrogens is 4. The van der Waals surface area contributed by atoms with E-state index in [9.17, 15) is 0 Å². The molecule has 2 aromatic heterocycles. The third kappa shape index (κ3) is 4.84. The van der Waals surface area contributed by atoms with Gasteiger partial charge in [-0.15, -0.1) is 0 Å². The number of fused-ring (bicyclic) bond motifs is 4. The van der Waals surface area contributed by atoms with E-state index in [0.717, 1.165) is 50.5 Å². The molecular weight excluding hydrogens is 574 g/mol. The van der Waals surface area contributed by atoms with E-state index < -0.39 is 0 Å². The molecule has 1 aliphatic heterocycles. The molecule has 5 heteroatoms. The molecule has 0 fully saturated rings. The lowest BCUT2D eigenvalue weighted by molar-refractivity contribution is 1.03. The fourth-order valence-electron chi connectivity index (χ4n) is 6.64. The number of aryl methyl sites for hydroxylation is 1. The summed E-state index contributed by atoms with van der Waals surface area (Å²) < 4.78 is 2.35. The maximum Gasteiger partial charge on any atom is 0.164 e. The maximum atomic E-state index is 4.99. The first kappa shape index (κ1) is 28.4. The summed E-state index contributed by atoms with van der Waals surface area (Å²) in [4.78, 5) is 17.2. The van der Waals surface area contributed by atoms with Crippen molar-refractivity contribution in [2.45, 2.75) is 20.8 Å². The second-order valence-corrected chi connectivity index (χ2v) is 12.0. The SMILES string of the molecule is C=C(C)N1c2ccccc2C=Cc2ccc3c(c(C)c(C)n3-c3cccc(-c4nc(-c5ccccc5)nc(-c5ccccc5)n4)c3)c21. The van der Waals surface area contributed by atoms with E-state index in [4.69, 9.17) is 15.0 Å². The van der Waals surface area contributed by atoms with Crippen LogP contribution in [0.15, 0.2) is 134 Å². The van der Waals surface area contributed by atoms with Crippen LogP contribution in [0.4, 0.5) is 11.4 Å². The van der Waals surface area contributed by atoms with Crippen molar-refractivity contribution in [3.63, 3.8) is 0 Å². The summed E-state index contributed by atoms with van der Waals surface area (Å²) in [6.45, 7) is 10.9. The number of anilines is 2. The third-order valence-electron chi connectivity index (χ3n) is 8.97. The van der Waals surface area contributed by atoms with E-state index in [1.165, 1.54) is 22.2 Å². The van der Waals surface area contributed by atoms with Crippen LogP contribution in [0.2, 0.25) is 0 Å². The van der Waals surface area contributed by atoms with Gasteiger partial charge in [0.15, 0.2) is 17.5 Å². The number of hydrogen-bond donors (Lipinski definition) is 0. The number of benzene rings is 5. The lowest BCUT2D eigenvalue weighted by Gasteiger charge is -2.28. The number of rotatable bonds is 5. The third-order valence-corrected chi connectivity index (χ3v) is 8.97. The molecule has 0 aliphatic carbocycles. The minimum absolute atomic E-state index is 0.634. The van der Waals surface area contributed by atoms with E-state index in [1.807, 2.05) is 60.7 Å². The topological polar surface area (TPSA) is 46.8 Å². The standard InChI is InChI=1S/C42H33N5/c1-27(2)46-36-21-12-11-14-30(36)22-23-31-24-25-37-38(39(31)46)28(3)29(4)47(37)35-20-13-19-34(26-35)42-44-40(32-15-7-5-8-16-32)43-41(45-42)33-17-9-6-10-18-33/h5-26H,1H2,2-4H3. The summed E-state index contributed by atoms with van der Waals surface area (Å²) >= 11 is 0. The van der Waals surface area contributed by atoms with E-state index in [2.05, 4.69) is 110 Å². The lowest BCUT2D eigenvalue weighted by Crippen LogP contribution is -2.15. The van der Waals surface area contributed by atoms with Gasteiger partial charge in [-0.2, -0.15) is 0 Å². The molecule has 0 bridgehead atoms. The van der Waals surface area contributed by atoms with Crippen molar-refractivity contribution in [2.75, 3.05) is 4.90 Å². The highest BCUT2D eigenvalue weighted by atomic mass is 15.2. The molecule has 7 aromatic rings. The van der Waals surface area contributed by atoms with Gasteiger partial charge >= 0.3 is 0 Å². The summed E-state index contributed by atoms with van der Waals surface area (Å²) in [7, 11) is 0. The Labute approximate surface area is 274 Å². The first-order valence-corrected chi connectivity index (χ1v) is 15.8. The van der Waals surface area contributed by atoms with Gasteiger partial charge in [-0.3, -0.25) is 0 Å². The second-order valence-electron chi connectivity index (χ2n) is 12.0. The smallest absolute Gasteiger partial charge is 0.164 e. The number of allylic oxidation sites excluding steroid dienone is 1. The minimum atomic E-state index is 0.634. The van der Waals surface area contributed by atoms with E-state index in [1.54, 1.807) is 0 Å². The van der Waals surface area contributed by atoms with Gasteiger partial charge in [-0.25, -0.2) is 15.0 Å². The van der Waals surface area contributed by atoms with Gasteiger partial charge in [0, 0.05) is 39.2 Å². The molecule has 0 saturated carbocycles. The van der Waals surface area contributed by atoms with Crippen LogP contribution < -0.4 is 4.90 Å². The van der Waals surface area contributed by atoms with Crippen molar-refractivity contribution in [1.29, 1.82) is 0 Å². The van der Waals surface area contributed by atoms with E-state index >= 15 is 0 Å². The lowest BCUT2D eigenvalue weighted by atomic mass is 10.0. The molecule has 0 amide bonds. The van der Waals surface area contributed by atoms with Crippen LogP contribution in [0.25, 0.3) is 62.9 Å². The van der Waals surface area contributed by atoms with Crippen LogP contribution in [0.1, 0.15) is 29.3 Å². The number of para-hydroxylation sites is 1. The zero-order valence-electron chi connectivity index (χ0n) is 26.6. The van der Waals surface area contributed by atoms with Gasteiger partial charge in [0.05, 0.1) is 16.9 Å². The molecule has 3 heterocycles. The Hall–Kier alpha value is -6.07. The van der Waals surface area contributed by atoms with Gasteiger partial charge in [0.25, 0.3) is 0 Å². The number of nitrogens with zero attached hydrogens (tertiary/aromatic N) is 5. The van der Waals surface area contributed by atoms with Gasteiger partial charge in [-0.05, 0) is 61.7 Å². The maximum absolute atomic E-state index is 4.99. The average molecular weight is 608 g/mol. The molecule has 1 aliphatic rings. The quantitative estimate of drug-likeness (QED) is 0.195. The van der Waals surface area contributed by atoms with Crippen LogP contribution in [0.3, 0.4) is 0 Å². The predicted molar refractivity (Wildman–Crippen MR) is 195 cm³/mol. The second kappa shape index (κ2) is 11.4. The fourth-order valence-corrected chi connectivity index (χ4v) is 6.64. The summed E-state index contributed by atoms with van der Waals surface area (Å²) in [5.74, 6) is 1.93. The van der Waals surface area contributed by atoms with Crippen molar-refractivity contribution >= 4 is 34.4 Å². The Morgan fingerprint density at radius 2 is 1.17 bits per heavy atom. The molecule has 0 radical (unpaired) electrons. The van der Waals surface area contributed by atoms with Crippen molar-refractivity contribution in [2.24, 2.45) is 0 Å². The average Bonchev–Trinajstić information content (AvgIpc) is 3.25. The highest BCUT2D eigenvalue weighted by molar-refractivity contribution is 6.06. The van der Waals surface area contributed by atoms with Crippen LogP contribution in [0, 0.1) is 13.8 Å². The molecule has 5 nitrogen and oxygen atoms in total. The zero-order valence-corrected chi connectivity index (χ0v) is 26.6. The van der Waals surface area contributed by atoms with Crippen molar-refractivity contribution < 1.29 is 0 Å². The normalized spacial score (nSPS) is 12.1. The Balaban J connectivity index is 1.31. The molecule has 5 aromatic carbocycles. The van der Waals surface area contributed by atoms with Crippen molar-refractivity contribution in [1.82, 2.24) is 19.5 Å². The Kier molecular flexibility index (Phi) is 6.88. The molecule has 0 saturated heterocycles. The summed E-state index contributed by atoms with van der Waals surface area (Å²) in [6.07, 6.45) is 4.42. The molecule has 0 N–H and O–H groups in total. The van der Waals surface area contributed by atoms with Gasteiger partial charge in [-0.1, -0.05) is 116 Å². The molecule has 226 valence electrons. The van der Waals surface area contributed by atoms with Gasteiger partial charge in [0.1, 0.15) is 0 Å². The molecule has 0 spiro atoms. The summed E-state index contributed by atoms with van der Waals surface area (Å²) in [5, 5.41) is 1.22. The van der Waals surface area contributed by atoms with Gasteiger partial charge in [0.2, 0.25) is 0 Å². The van der Waals surface area contributed by atoms with Gasteiger partial charge < -0.3 is 9.47 Å². The highest BCUT2D eigenvalue weighted by Crippen LogP contribution is 2.45. The van der Waals surface area contributed by atoms with E-state index in [0.29, 0.717) is 17.5 Å². The van der Waals surface area contributed by atoms with E-state index in [-0.39, 0.29) is 0 Å². The van der Waals surface area contributed by atoms with Crippen LogP contribution in [-0.4, -0.2) is 19.5 Å². The zero-order chi connectivity index (χ0) is 32.1. The van der Waals surface area contributed by atoms with Crippen molar-refractivity contribution in [3.8, 4) is 39.9 Å². The Morgan fingerprint density at radius 3 is 1.83 bits per heavy atom. The number of hydrogen-bond acceptors (Lipinski definition) is 4. The molecule has 0 atom stereocenters. The van der Waals surface area contributed by atoms with Crippen molar-refractivity contribution in [3.05, 3.63) is 156 Å². The first-order valence-electron chi connectivity index (χ1n) is 15.8. The Morgan fingerprint density at radius 1 is 0.596 bits per heavy atom. The fraction of sp³-hybridized carbons (Fsp3) is 0.0714. The first-order chi connectivity index (χ1) is 23.0. The summed E-state index contributed by atoms with van der Waals surface area (Å²) in [6, 6.07) is 41.6.